The van der Waals surface area contributed by atoms with Crippen molar-refractivity contribution in [2.24, 2.45) is 0 Å². The van der Waals surface area contributed by atoms with Crippen molar-refractivity contribution < 1.29 is 0 Å². The molecule has 3 nitrogen and oxygen atoms in total. The zero-order valence-corrected chi connectivity index (χ0v) is 13.5. The minimum atomic E-state index is 0.281. The normalized spacial score (nSPS) is 19.7. The van der Waals surface area contributed by atoms with Crippen molar-refractivity contribution in [3.63, 3.8) is 0 Å². The number of rotatable bonds is 2. The van der Waals surface area contributed by atoms with Crippen LogP contribution in [0.1, 0.15) is 40.6 Å². The molecule has 0 bridgehead atoms. The van der Waals surface area contributed by atoms with Crippen molar-refractivity contribution in [1.82, 2.24) is 10.3 Å². The van der Waals surface area contributed by atoms with E-state index in [-0.39, 0.29) is 5.92 Å². The summed E-state index contributed by atoms with van der Waals surface area (Å²) in [6.45, 7) is 0. The SMILES string of the molecule is CNC1CC(c2c[nH]c3ccc(C#N)cc23)c2cc(Cl)ccc21. The van der Waals surface area contributed by atoms with Gasteiger partial charge in [-0.05, 0) is 60.5 Å². The number of fused-ring (bicyclic) bond motifs is 2. The van der Waals surface area contributed by atoms with Gasteiger partial charge in [-0.2, -0.15) is 5.26 Å². The highest BCUT2D eigenvalue weighted by atomic mass is 35.5. The lowest BCUT2D eigenvalue weighted by Gasteiger charge is -2.11. The summed E-state index contributed by atoms with van der Waals surface area (Å²) < 4.78 is 0. The van der Waals surface area contributed by atoms with Crippen LogP contribution in [0.15, 0.2) is 42.6 Å². The maximum Gasteiger partial charge on any atom is 0.0991 e. The summed E-state index contributed by atoms with van der Waals surface area (Å²) in [5.41, 5.74) is 5.58. The van der Waals surface area contributed by atoms with Gasteiger partial charge in [0.15, 0.2) is 0 Å². The highest BCUT2D eigenvalue weighted by Gasteiger charge is 2.32. The van der Waals surface area contributed by atoms with Gasteiger partial charge in [-0.15, -0.1) is 0 Å². The van der Waals surface area contributed by atoms with Gasteiger partial charge < -0.3 is 10.3 Å². The number of nitriles is 1. The maximum atomic E-state index is 9.18. The van der Waals surface area contributed by atoms with Gasteiger partial charge in [0.05, 0.1) is 11.6 Å². The fourth-order valence-electron chi connectivity index (χ4n) is 3.72. The van der Waals surface area contributed by atoms with E-state index in [9.17, 15) is 5.26 Å². The first kappa shape index (κ1) is 14.3. The number of halogens is 1. The molecule has 2 atom stereocenters. The van der Waals surface area contributed by atoms with Crippen LogP contribution in [0.2, 0.25) is 5.02 Å². The second kappa shape index (κ2) is 5.42. The Kier molecular flexibility index (Phi) is 3.37. The van der Waals surface area contributed by atoms with Crippen LogP contribution in [0, 0.1) is 11.3 Å². The molecule has 4 heteroatoms. The van der Waals surface area contributed by atoms with E-state index in [2.05, 4.69) is 34.7 Å². The summed E-state index contributed by atoms with van der Waals surface area (Å²) in [6, 6.07) is 14.5. The van der Waals surface area contributed by atoms with Crippen molar-refractivity contribution >= 4 is 22.5 Å². The fraction of sp³-hybridized carbons (Fsp3) is 0.211. The number of nitrogens with zero attached hydrogens (tertiary/aromatic N) is 1. The van der Waals surface area contributed by atoms with E-state index >= 15 is 0 Å². The number of nitrogens with one attached hydrogen (secondary N) is 2. The average molecular weight is 322 g/mol. The van der Waals surface area contributed by atoms with E-state index in [4.69, 9.17) is 11.6 Å². The number of hydrogen-bond acceptors (Lipinski definition) is 2. The number of benzene rings is 2. The lowest BCUT2D eigenvalue weighted by Crippen LogP contribution is -2.13. The van der Waals surface area contributed by atoms with Crippen LogP contribution >= 0.6 is 11.6 Å². The minimum Gasteiger partial charge on any atom is -0.361 e. The van der Waals surface area contributed by atoms with Gasteiger partial charge >= 0.3 is 0 Å². The highest BCUT2D eigenvalue weighted by Crippen LogP contribution is 2.46. The van der Waals surface area contributed by atoms with Crippen LogP contribution in [-0.2, 0) is 0 Å². The Morgan fingerprint density at radius 3 is 2.83 bits per heavy atom. The number of aromatic nitrogens is 1. The second-order valence-corrected chi connectivity index (χ2v) is 6.46. The molecule has 2 aromatic carbocycles. The van der Waals surface area contributed by atoms with Crippen molar-refractivity contribution in [2.45, 2.75) is 18.4 Å². The number of H-pyrrole nitrogens is 1. The van der Waals surface area contributed by atoms with Gasteiger partial charge in [0.25, 0.3) is 0 Å². The highest BCUT2D eigenvalue weighted by molar-refractivity contribution is 6.30. The van der Waals surface area contributed by atoms with Gasteiger partial charge in [-0.25, -0.2) is 0 Å². The Morgan fingerprint density at radius 2 is 2.04 bits per heavy atom. The molecule has 1 aromatic heterocycles. The first-order valence-corrected chi connectivity index (χ1v) is 8.07. The molecule has 0 saturated heterocycles. The lowest BCUT2D eigenvalue weighted by molar-refractivity contribution is 0.566. The van der Waals surface area contributed by atoms with E-state index < -0.39 is 0 Å². The van der Waals surface area contributed by atoms with Crippen molar-refractivity contribution in [2.75, 3.05) is 7.05 Å². The fourth-order valence-corrected chi connectivity index (χ4v) is 3.90. The van der Waals surface area contributed by atoms with E-state index in [0.717, 1.165) is 22.3 Å². The molecule has 1 aliphatic rings. The monoisotopic (exact) mass is 321 g/mol. The molecule has 0 spiro atoms. The molecule has 1 aliphatic carbocycles. The van der Waals surface area contributed by atoms with Gasteiger partial charge in [0.2, 0.25) is 0 Å². The minimum absolute atomic E-state index is 0.281. The van der Waals surface area contributed by atoms with Gasteiger partial charge in [-0.3, -0.25) is 0 Å². The lowest BCUT2D eigenvalue weighted by atomic mass is 9.92. The average Bonchev–Trinajstić information content (AvgIpc) is 3.14. The second-order valence-electron chi connectivity index (χ2n) is 6.02. The third kappa shape index (κ3) is 2.23. The summed E-state index contributed by atoms with van der Waals surface area (Å²) in [5.74, 6) is 0.281. The van der Waals surface area contributed by atoms with E-state index in [1.54, 1.807) is 0 Å². The molecule has 0 amide bonds. The largest absolute Gasteiger partial charge is 0.361 e. The first-order chi connectivity index (χ1) is 11.2. The Morgan fingerprint density at radius 1 is 1.17 bits per heavy atom. The molecule has 3 aromatic rings. The van der Waals surface area contributed by atoms with E-state index in [1.807, 2.05) is 31.3 Å². The predicted molar refractivity (Wildman–Crippen MR) is 92.7 cm³/mol. The first-order valence-electron chi connectivity index (χ1n) is 7.69. The van der Waals surface area contributed by atoms with Gasteiger partial charge in [0, 0.05) is 34.1 Å². The predicted octanol–water partition coefficient (Wildman–Crippen LogP) is 4.49. The molecule has 23 heavy (non-hydrogen) atoms. The van der Waals surface area contributed by atoms with Crippen LogP contribution in [0.3, 0.4) is 0 Å². The Balaban J connectivity index is 1.89. The summed E-state index contributed by atoms with van der Waals surface area (Å²) >= 11 is 6.24. The molecule has 0 saturated carbocycles. The summed E-state index contributed by atoms with van der Waals surface area (Å²) in [7, 11) is 1.99. The molecule has 2 N–H and O–H groups in total. The molecule has 114 valence electrons. The van der Waals surface area contributed by atoms with Gasteiger partial charge in [-0.1, -0.05) is 17.7 Å². The molecular formula is C19H16ClN3. The van der Waals surface area contributed by atoms with Crippen molar-refractivity contribution in [3.05, 3.63) is 69.9 Å². The smallest absolute Gasteiger partial charge is 0.0991 e. The van der Waals surface area contributed by atoms with Crippen LogP contribution < -0.4 is 5.32 Å². The Hall–Kier alpha value is -2.28. The topological polar surface area (TPSA) is 51.6 Å². The molecule has 0 aliphatic heterocycles. The van der Waals surface area contributed by atoms with Crippen LogP contribution in [0.5, 0.6) is 0 Å². The molecule has 0 radical (unpaired) electrons. The van der Waals surface area contributed by atoms with E-state index in [1.165, 1.54) is 16.7 Å². The standard InChI is InChI=1S/C19H16ClN3/c1-22-19-8-15(14-7-12(20)3-4-13(14)19)17-10-23-18-5-2-11(9-21)6-16(17)18/h2-7,10,15,19,22-23H,8H2,1H3. The van der Waals surface area contributed by atoms with Crippen LogP contribution in [0.25, 0.3) is 10.9 Å². The van der Waals surface area contributed by atoms with Crippen LogP contribution in [-0.4, -0.2) is 12.0 Å². The molecule has 0 fully saturated rings. The maximum absolute atomic E-state index is 9.18. The summed E-state index contributed by atoms with van der Waals surface area (Å²) in [6.07, 6.45) is 3.06. The van der Waals surface area contributed by atoms with Crippen molar-refractivity contribution in [3.8, 4) is 6.07 Å². The molecule has 2 unspecified atom stereocenters. The Labute approximate surface area is 139 Å². The quantitative estimate of drug-likeness (QED) is 0.730. The number of hydrogen-bond donors (Lipinski definition) is 2. The molecular weight excluding hydrogens is 306 g/mol. The third-order valence-corrected chi connectivity index (χ3v) is 5.07. The molecule has 4 rings (SSSR count). The molecule has 1 heterocycles. The summed E-state index contributed by atoms with van der Waals surface area (Å²) in [4.78, 5) is 3.33. The van der Waals surface area contributed by atoms with Crippen LogP contribution in [0.4, 0.5) is 0 Å². The number of aromatic amines is 1. The zero-order valence-electron chi connectivity index (χ0n) is 12.7. The summed E-state index contributed by atoms with van der Waals surface area (Å²) in [5, 5.41) is 14.5. The zero-order chi connectivity index (χ0) is 16.0. The van der Waals surface area contributed by atoms with Gasteiger partial charge in [0.1, 0.15) is 0 Å². The Bertz CT molecular complexity index is 935. The van der Waals surface area contributed by atoms with E-state index in [0.29, 0.717) is 11.6 Å². The van der Waals surface area contributed by atoms with Crippen molar-refractivity contribution in [1.29, 1.82) is 5.26 Å². The third-order valence-electron chi connectivity index (χ3n) is 4.84.